The summed E-state index contributed by atoms with van der Waals surface area (Å²) in [7, 11) is 0. The Morgan fingerprint density at radius 3 is 2.83 bits per heavy atom. The maximum Gasteiger partial charge on any atom is 0.270 e. The van der Waals surface area contributed by atoms with Crippen molar-refractivity contribution in [1.82, 2.24) is 15.1 Å². The van der Waals surface area contributed by atoms with Gasteiger partial charge in [-0.25, -0.2) is 4.98 Å². The molecule has 0 fully saturated rings. The molecule has 0 saturated heterocycles. The van der Waals surface area contributed by atoms with E-state index in [0.29, 0.717) is 16.3 Å². The number of nitrogens with two attached hydrogens (primary N) is 1. The van der Waals surface area contributed by atoms with E-state index in [1.54, 1.807) is 0 Å². The van der Waals surface area contributed by atoms with Crippen LogP contribution >= 0.6 is 23.1 Å². The third-order valence-electron chi connectivity index (χ3n) is 2.55. The van der Waals surface area contributed by atoms with Crippen molar-refractivity contribution >= 4 is 28.2 Å². The van der Waals surface area contributed by atoms with Crippen LogP contribution in [0.2, 0.25) is 0 Å². The minimum atomic E-state index is 0.515. The molecule has 0 amide bonds. The molecule has 1 unspecified atom stereocenters. The van der Waals surface area contributed by atoms with E-state index in [-0.39, 0.29) is 0 Å². The fraction of sp³-hybridized carbons (Fsp3) is 0.545. The summed E-state index contributed by atoms with van der Waals surface area (Å²) < 4.78 is 5.25. The van der Waals surface area contributed by atoms with Gasteiger partial charge < -0.3 is 10.3 Å². The summed E-state index contributed by atoms with van der Waals surface area (Å²) in [6.07, 6.45) is 1.14. The number of anilines is 1. The van der Waals surface area contributed by atoms with Crippen LogP contribution in [0.25, 0.3) is 10.8 Å². The van der Waals surface area contributed by atoms with Gasteiger partial charge in [0.1, 0.15) is 4.88 Å². The average Bonchev–Trinajstić information content (AvgIpc) is 2.92. The van der Waals surface area contributed by atoms with Crippen molar-refractivity contribution in [3.63, 3.8) is 0 Å². The molecular weight excluding hydrogens is 268 g/mol. The molecule has 0 saturated carbocycles. The number of aryl methyl sites for hydroxylation is 1. The van der Waals surface area contributed by atoms with Crippen molar-refractivity contribution in [2.75, 3.05) is 5.73 Å². The number of nitrogens with zero attached hydrogens (tertiary/aromatic N) is 3. The molecule has 2 aromatic heterocycles. The molecule has 0 aliphatic carbocycles. The Bertz CT molecular complexity index is 523. The van der Waals surface area contributed by atoms with Crippen molar-refractivity contribution < 1.29 is 4.52 Å². The summed E-state index contributed by atoms with van der Waals surface area (Å²) in [6.45, 7) is 6.25. The van der Waals surface area contributed by atoms with E-state index in [1.165, 1.54) is 11.3 Å². The predicted octanol–water partition coefficient (Wildman–Crippen LogP) is 3.12. The topological polar surface area (TPSA) is 77.8 Å². The molecule has 2 heterocycles. The number of hydrogen-bond donors (Lipinski definition) is 1. The highest BCUT2D eigenvalue weighted by molar-refractivity contribution is 7.99. The fourth-order valence-electron chi connectivity index (χ4n) is 1.36. The molecule has 1 atom stereocenters. The number of nitrogen functional groups attached to an aromatic ring is 1. The third-order valence-corrected chi connectivity index (χ3v) is 4.85. The molecule has 5 nitrogen and oxygen atoms in total. The summed E-state index contributed by atoms with van der Waals surface area (Å²) in [6, 6.07) is 0. The molecule has 0 aliphatic rings. The molecule has 18 heavy (non-hydrogen) atoms. The Hall–Kier alpha value is -1.08. The normalized spacial score (nSPS) is 12.8. The van der Waals surface area contributed by atoms with E-state index < -0.39 is 0 Å². The molecule has 0 spiro atoms. The van der Waals surface area contributed by atoms with Crippen molar-refractivity contribution in [2.45, 2.75) is 38.2 Å². The second kappa shape index (κ2) is 5.71. The quantitative estimate of drug-likeness (QED) is 0.909. The van der Waals surface area contributed by atoms with Gasteiger partial charge in [-0.1, -0.05) is 30.3 Å². The minimum Gasteiger partial charge on any atom is -0.375 e. The van der Waals surface area contributed by atoms with Gasteiger partial charge in [0.15, 0.2) is 11.0 Å². The highest BCUT2D eigenvalue weighted by Crippen LogP contribution is 2.30. The lowest BCUT2D eigenvalue weighted by Crippen LogP contribution is -1.94. The summed E-state index contributed by atoms with van der Waals surface area (Å²) >= 11 is 3.20. The monoisotopic (exact) mass is 284 g/mol. The smallest absolute Gasteiger partial charge is 0.270 e. The third kappa shape index (κ3) is 3.02. The highest BCUT2D eigenvalue weighted by atomic mass is 32.2. The van der Waals surface area contributed by atoms with E-state index in [2.05, 4.69) is 29.0 Å². The second-order valence-corrected chi connectivity index (χ2v) is 6.47. The standard InChI is InChI=1S/C11H16N4OS2/c1-4-6(2)17-5-8-14-10(16-15-8)9-7(3)13-11(12)18-9/h6H,4-5H2,1-3H3,(H2,12,13). The highest BCUT2D eigenvalue weighted by Gasteiger charge is 2.15. The van der Waals surface area contributed by atoms with Crippen LogP contribution in [0.3, 0.4) is 0 Å². The number of thiazole rings is 1. The van der Waals surface area contributed by atoms with Gasteiger partial charge in [-0.3, -0.25) is 0 Å². The van der Waals surface area contributed by atoms with Gasteiger partial charge in [0.2, 0.25) is 0 Å². The number of thioether (sulfide) groups is 1. The number of hydrogen-bond acceptors (Lipinski definition) is 7. The van der Waals surface area contributed by atoms with Gasteiger partial charge >= 0.3 is 0 Å². The zero-order chi connectivity index (χ0) is 13.1. The zero-order valence-electron chi connectivity index (χ0n) is 10.6. The van der Waals surface area contributed by atoms with Crippen LogP contribution in [-0.2, 0) is 5.75 Å². The molecule has 0 radical (unpaired) electrons. The SMILES string of the molecule is CCC(C)SCc1noc(-c2sc(N)nc2C)n1. The van der Waals surface area contributed by atoms with Crippen LogP contribution < -0.4 is 5.73 Å². The lowest BCUT2D eigenvalue weighted by Gasteiger charge is -2.04. The lowest BCUT2D eigenvalue weighted by molar-refractivity contribution is 0.425. The van der Waals surface area contributed by atoms with Crippen LogP contribution in [0.15, 0.2) is 4.52 Å². The Morgan fingerprint density at radius 2 is 2.22 bits per heavy atom. The van der Waals surface area contributed by atoms with Crippen molar-refractivity contribution in [3.05, 3.63) is 11.5 Å². The molecule has 2 aromatic rings. The molecule has 2 rings (SSSR count). The molecule has 0 bridgehead atoms. The van der Waals surface area contributed by atoms with Crippen LogP contribution in [0, 0.1) is 6.92 Å². The molecule has 2 N–H and O–H groups in total. The minimum absolute atomic E-state index is 0.515. The van der Waals surface area contributed by atoms with E-state index >= 15 is 0 Å². The molecular formula is C11H16N4OS2. The molecule has 98 valence electrons. The van der Waals surface area contributed by atoms with E-state index in [9.17, 15) is 0 Å². The van der Waals surface area contributed by atoms with Gasteiger partial charge in [-0.15, -0.1) is 0 Å². The Balaban J connectivity index is 2.08. The zero-order valence-corrected chi connectivity index (χ0v) is 12.3. The van der Waals surface area contributed by atoms with Gasteiger partial charge in [-0.05, 0) is 13.3 Å². The summed E-state index contributed by atoms with van der Waals surface area (Å²) in [5.41, 5.74) is 6.49. The Kier molecular flexibility index (Phi) is 4.23. The second-order valence-electron chi connectivity index (χ2n) is 4.01. The van der Waals surface area contributed by atoms with Crippen LogP contribution in [0.4, 0.5) is 5.13 Å². The van der Waals surface area contributed by atoms with Crippen LogP contribution in [0.5, 0.6) is 0 Å². The van der Waals surface area contributed by atoms with Gasteiger partial charge in [0.05, 0.1) is 11.4 Å². The Morgan fingerprint density at radius 1 is 1.44 bits per heavy atom. The molecule has 0 aromatic carbocycles. The van der Waals surface area contributed by atoms with Gasteiger partial charge in [0, 0.05) is 5.25 Å². The average molecular weight is 284 g/mol. The van der Waals surface area contributed by atoms with E-state index in [0.717, 1.165) is 28.6 Å². The fourth-order valence-corrected chi connectivity index (χ4v) is 2.90. The molecule has 0 aliphatic heterocycles. The number of rotatable bonds is 5. The number of aromatic nitrogens is 3. The first-order valence-corrected chi connectivity index (χ1v) is 7.64. The first-order chi connectivity index (χ1) is 8.60. The summed E-state index contributed by atoms with van der Waals surface area (Å²) in [4.78, 5) is 9.39. The first kappa shape index (κ1) is 13.4. The maximum absolute atomic E-state index is 5.65. The molecule has 7 heteroatoms. The van der Waals surface area contributed by atoms with Gasteiger partial charge in [0.25, 0.3) is 5.89 Å². The van der Waals surface area contributed by atoms with E-state index in [1.807, 2.05) is 18.7 Å². The van der Waals surface area contributed by atoms with Crippen LogP contribution in [-0.4, -0.2) is 20.4 Å². The summed E-state index contributed by atoms with van der Waals surface area (Å²) in [5, 5.41) is 5.11. The van der Waals surface area contributed by atoms with Crippen LogP contribution in [0.1, 0.15) is 31.8 Å². The first-order valence-electron chi connectivity index (χ1n) is 5.77. The Labute approximate surface area is 114 Å². The van der Waals surface area contributed by atoms with Crippen molar-refractivity contribution in [1.29, 1.82) is 0 Å². The predicted molar refractivity (Wildman–Crippen MR) is 75.6 cm³/mol. The van der Waals surface area contributed by atoms with E-state index in [4.69, 9.17) is 10.3 Å². The van der Waals surface area contributed by atoms with Crippen molar-refractivity contribution in [2.24, 2.45) is 0 Å². The summed E-state index contributed by atoms with van der Waals surface area (Å²) in [5.74, 6) is 2.01. The lowest BCUT2D eigenvalue weighted by atomic mass is 10.4. The van der Waals surface area contributed by atoms with Gasteiger partial charge in [-0.2, -0.15) is 16.7 Å². The maximum atomic E-state index is 5.65. The van der Waals surface area contributed by atoms with Crippen molar-refractivity contribution in [3.8, 4) is 10.8 Å². The largest absolute Gasteiger partial charge is 0.375 e.